The number of aliphatic carboxylic acids is 2. The van der Waals surface area contributed by atoms with E-state index < -0.39 is 24.3 Å². The molecule has 2 aromatic rings. The lowest BCUT2D eigenvalue weighted by atomic mass is 9.84. The number of hydrogen-bond acceptors (Lipinski definition) is 7. The Kier molecular flexibility index (Phi) is 10.8. The summed E-state index contributed by atoms with van der Waals surface area (Å²) in [6.07, 6.45) is -2.71. The average Bonchev–Trinajstić information content (AvgIpc) is 3.39. The third-order valence-corrected chi connectivity index (χ3v) is 6.89. The number of pyridine rings is 1. The molecule has 2 fully saturated rings. The average molecular weight is 585 g/mol. The van der Waals surface area contributed by atoms with Gasteiger partial charge in [0.15, 0.2) is 0 Å². The van der Waals surface area contributed by atoms with Gasteiger partial charge in [-0.05, 0) is 37.8 Å². The van der Waals surface area contributed by atoms with E-state index in [0.29, 0.717) is 18.9 Å². The number of carbonyl (C=O) groups excluding carboxylic acids is 1. The number of thiazole rings is 1. The highest BCUT2D eigenvalue weighted by atomic mass is 32.1. The van der Waals surface area contributed by atoms with Crippen molar-refractivity contribution in [1.82, 2.24) is 19.8 Å². The molecule has 4 rings (SSSR count). The highest BCUT2D eigenvalue weighted by molar-refractivity contribution is 7.09. The monoisotopic (exact) mass is 584 g/mol. The van der Waals surface area contributed by atoms with Gasteiger partial charge in [0.25, 0.3) is 0 Å². The summed E-state index contributed by atoms with van der Waals surface area (Å²) in [6.45, 7) is 5.75. The third kappa shape index (κ3) is 9.76. The molecule has 0 aromatic carbocycles. The predicted molar refractivity (Wildman–Crippen MR) is 125 cm³/mol. The lowest BCUT2D eigenvalue weighted by Crippen LogP contribution is -2.52. The zero-order valence-electron chi connectivity index (χ0n) is 20.6. The zero-order valence-corrected chi connectivity index (χ0v) is 21.4. The molecule has 2 aliphatic heterocycles. The number of hydrogen-bond donors (Lipinski definition) is 2. The maximum absolute atomic E-state index is 12.5. The number of amides is 1. The summed E-state index contributed by atoms with van der Waals surface area (Å²) in [5, 5.41) is 17.5. The highest BCUT2D eigenvalue weighted by Gasteiger charge is 2.46. The summed E-state index contributed by atoms with van der Waals surface area (Å²) in [5.74, 6) is -5.22. The minimum atomic E-state index is -5.08. The molecule has 0 radical (unpaired) electrons. The molecule has 39 heavy (non-hydrogen) atoms. The first-order chi connectivity index (χ1) is 18.0. The Bertz CT molecular complexity index is 1090. The van der Waals surface area contributed by atoms with Crippen LogP contribution in [0.25, 0.3) is 0 Å². The van der Waals surface area contributed by atoms with Crippen LogP contribution in [0.1, 0.15) is 41.9 Å². The first kappa shape index (κ1) is 31.9. The van der Waals surface area contributed by atoms with E-state index in [1.54, 1.807) is 17.5 Å². The Balaban J connectivity index is 0.000000317. The van der Waals surface area contributed by atoms with E-state index in [2.05, 4.69) is 38.1 Å². The van der Waals surface area contributed by atoms with E-state index in [1.807, 2.05) is 12.3 Å². The van der Waals surface area contributed by atoms with Crippen molar-refractivity contribution in [2.45, 2.75) is 63.6 Å². The summed E-state index contributed by atoms with van der Waals surface area (Å²) in [5.41, 5.74) is 2.34. The van der Waals surface area contributed by atoms with Crippen molar-refractivity contribution >= 4 is 29.2 Å². The molecule has 2 aromatic heterocycles. The molecule has 2 saturated heterocycles. The van der Waals surface area contributed by atoms with Gasteiger partial charge in [-0.25, -0.2) is 14.6 Å². The SMILES string of the molecule is Cc1nc(CN2CCC3(CCC(=O)N3Cc3cccnc3)CC2)cs1.O=C(O)C(F)(F)F.O=C(O)C(F)(F)F. The highest BCUT2D eigenvalue weighted by Crippen LogP contribution is 2.40. The molecule has 216 valence electrons. The Morgan fingerprint density at radius 2 is 1.59 bits per heavy atom. The lowest BCUT2D eigenvalue weighted by molar-refractivity contribution is -0.193. The van der Waals surface area contributed by atoms with Crippen LogP contribution in [0.15, 0.2) is 29.9 Å². The van der Waals surface area contributed by atoms with Crippen molar-refractivity contribution in [3.8, 4) is 0 Å². The van der Waals surface area contributed by atoms with Crippen molar-refractivity contribution in [1.29, 1.82) is 0 Å². The van der Waals surface area contributed by atoms with Crippen molar-refractivity contribution < 1.29 is 50.9 Å². The van der Waals surface area contributed by atoms with Crippen LogP contribution in [-0.2, 0) is 27.5 Å². The summed E-state index contributed by atoms with van der Waals surface area (Å²) in [4.78, 5) is 43.7. The van der Waals surface area contributed by atoms with Crippen LogP contribution in [-0.4, -0.2) is 78.8 Å². The molecular weight excluding hydrogens is 558 g/mol. The molecule has 0 bridgehead atoms. The van der Waals surface area contributed by atoms with Gasteiger partial charge in [0, 0.05) is 55.9 Å². The number of likely N-dealkylation sites (tertiary alicyclic amines) is 2. The first-order valence-corrected chi connectivity index (χ1v) is 12.3. The fourth-order valence-electron chi connectivity index (χ4n) is 4.16. The van der Waals surface area contributed by atoms with Gasteiger partial charge in [-0.3, -0.25) is 14.7 Å². The molecule has 0 atom stereocenters. The minimum Gasteiger partial charge on any atom is -0.475 e. The van der Waals surface area contributed by atoms with Gasteiger partial charge in [0.2, 0.25) is 5.91 Å². The molecule has 1 amide bonds. The number of carboxylic acids is 2. The summed E-state index contributed by atoms with van der Waals surface area (Å²) in [6, 6.07) is 4.01. The minimum absolute atomic E-state index is 0.0431. The first-order valence-electron chi connectivity index (χ1n) is 11.5. The Morgan fingerprint density at radius 1 is 1.03 bits per heavy atom. The van der Waals surface area contributed by atoms with Crippen LogP contribution in [0.2, 0.25) is 0 Å². The fourth-order valence-corrected chi connectivity index (χ4v) is 4.77. The van der Waals surface area contributed by atoms with Crippen LogP contribution in [0.5, 0.6) is 0 Å². The third-order valence-electron chi connectivity index (χ3n) is 6.07. The van der Waals surface area contributed by atoms with Crippen LogP contribution in [0.4, 0.5) is 26.3 Å². The second kappa shape index (κ2) is 13.2. The number of alkyl halides is 6. The maximum Gasteiger partial charge on any atom is 0.490 e. The second-order valence-corrected chi connectivity index (χ2v) is 9.87. The van der Waals surface area contributed by atoms with Crippen LogP contribution in [0.3, 0.4) is 0 Å². The summed E-state index contributed by atoms with van der Waals surface area (Å²) >= 11 is 1.72. The molecule has 0 saturated carbocycles. The molecule has 9 nitrogen and oxygen atoms in total. The summed E-state index contributed by atoms with van der Waals surface area (Å²) in [7, 11) is 0. The second-order valence-electron chi connectivity index (χ2n) is 8.81. The molecule has 4 heterocycles. The smallest absolute Gasteiger partial charge is 0.475 e. The number of aryl methyl sites for hydroxylation is 1. The quantitative estimate of drug-likeness (QED) is 0.511. The van der Waals surface area contributed by atoms with E-state index in [9.17, 15) is 31.1 Å². The van der Waals surface area contributed by atoms with Crippen LogP contribution < -0.4 is 0 Å². The number of halogens is 6. The van der Waals surface area contributed by atoms with Gasteiger partial charge >= 0.3 is 24.3 Å². The number of rotatable bonds is 4. The standard InChI is InChI=1S/C19H24N4OS.2C2HF3O2/c1-15-21-17(14-25-15)13-22-9-6-19(7-10-22)5-4-18(24)23(19)12-16-3-2-8-20-11-16;2*3-2(4,5)1(6)7/h2-3,8,11,14H,4-7,9-10,12-13H2,1H3;2*(H,6,7). The van der Waals surface area contributed by atoms with Gasteiger partial charge < -0.3 is 15.1 Å². The van der Waals surface area contributed by atoms with E-state index >= 15 is 0 Å². The lowest BCUT2D eigenvalue weighted by Gasteiger charge is -2.45. The van der Waals surface area contributed by atoms with Gasteiger partial charge in [-0.1, -0.05) is 6.07 Å². The molecule has 0 aliphatic carbocycles. The number of nitrogens with zero attached hydrogens (tertiary/aromatic N) is 4. The van der Waals surface area contributed by atoms with Gasteiger partial charge in [-0.2, -0.15) is 26.3 Å². The van der Waals surface area contributed by atoms with Crippen molar-refractivity contribution in [3.63, 3.8) is 0 Å². The van der Waals surface area contributed by atoms with Gasteiger partial charge in [-0.15, -0.1) is 11.3 Å². The molecular formula is C23H26F6N4O5S. The van der Waals surface area contributed by atoms with E-state index in [0.717, 1.165) is 49.5 Å². The van der Waals surface area contributed by atoms with E-state index in [4.69, 9.17) is 19.8 Å². The zero-order chi connectivity index (χ0) is 29.4. The largest absolute Gasteiger partial charge is 0.490 e. The van der Waals surface area contributed by atoms with E-state index in [1.165, 1.54) is 5.69 Å². The number of carboxylic acid groups (broad SMARTS) is 2. The Labute approximate surface area is 223 Å². The Hall–Kier alpha value is -3.27. The van der Waals surface area contributed by atoms with Crippen molar-refractivity contribution in [2.75, 3.05) is 13.1 Å². The van der Waals surface area contributed by atoms with Gasteiger partial charge in [0.1, 0.15) is 0 Å². The Morgan fingerprint density at radius 3 is 2.03 bits per heavy atom. The number of piperidine rings is 1. The molecule has 2 aliphatic rings. The van der Waals surface area contributed by atoms with E-state index in [-0.39, 0.29) is 5.54 Å². The number of carbonyl (C=O) groups is 3. The molecule has 16 heteroatoms. The van der Waals surface area contributed by atoms with Crippen LogP contribution in [0, 0.1) is 6.92 Å². The molecule has 2 N–H and O–H groups in total. The molecule has 0 unspecified atom stereocenters. The number of aromatic nitrogens is 2. The van der Waals surface area contributed by atoms with Crippen LogP contribution >= 0.6 is 11.3 Å². The topological polar surface area (TPSA) is 124 Å². The normalized spacial score (nSPS) is 17.2. The maximum atomic E-state index is 12.5. The fraction of sp³-hybridized carbons (Fsp3) is 0.522. The van der Waals surface area contributed by atoms with Gasteiger partial charge in [0.05, 0.1) is 10.7 Å². The molecule has 1 spiro atoms. The van der Waals surface area contributed by atoms with Crippen molar-refractivity contribution in [3.05, 3.63) is 46.2 Å². The van der Waals surface area contributed by atoms with Crippen molar-refractivity contribution in [2.24, 2.45) is 0 Å². The predicted octanol–water partition coefficient (Wildman–Crippen LogP) is 4.27. The summed E-state index contributed by atoms with van der Waals surface area (Å²) < 4.78 is 63.5.